The van der Waals surface area contributed by atoms with Gasteiger partial charge < -0.3 is 10.2 Å². The Morgan fingerprint density at radius 3 is 2.68 bits per heavy atom. The molecule has 1 aromatic rings. The van der Waals surface area contributed by atoms with Crippen molar-refractivity contribution in [2.24, 2.45) is 11.8 Å². The first-order valence-corrected chi connectivity index (χ1v) is 7.46. The Balaban J connectivity index is 2.19. The Hall–Kier alpha value is -1.32. The van der Waals surface area contributed by atoms with Crippen LogP contribution < -0.4 is 10.2 Å². The van der Waals surface area contributed by atoms with Crippen LogP contribution in [0.1, 0.15) is 39.2 Å². The number of rotatable bonds is 7. The first kappa shape index (κ1) is 14.1. The second-order valence-corrected chi connectivity index (χ2v) is 5.66. The van der Waals surface area contributed by atoms with Crippen molar-refractivity contribution in [2.45, 2.75) is 40.0 Å². The summed E-state index contributed by atoms with van der Waals surface area (Å²) in [6.45, 7) is 8.65. The Morgan fingerprint density at radius 1 is 1.37 bits per heavy atom. The van der Waals surface area contributed by atoms with Gasteiger partial charge in [0.05, 0.1) is 0 Å². The van der Waals surface area contributed by atoms with E-state index < -0.39 is 0 Å². The van der Waals surface area contributed by atoms with Crippen LogP contribution in [0.25, 0.3) is 0 Å². The van der Waals surface area contributed by atoms with E-state index in [1.165, 1.54) is 12.0 Å². The van der Waals surface area contributed by atoms with Crippen molar-refractivity contribution in [3.8, 4) is 0 Å². The summed E-state index contributed by atoms with van der Waals surface area (Å²) < 4.78 is 0. The van der Waals surface area contributed by atoms with Crippen molar-refractivity contribution in [1.29, 1.82) is 0 Å². The van der Waals surface area contributed by atoms with Crippen LogP contribution in [0.3, 0.4) is 0 Å². The maximum atomic E-state index is 4.52. The number of nitrogens with one attached hydrogen (secondary N) is 1. The highest BCUT2D eigenvalue weighted by atomic mass is 15.2. The first-order chi connectivity index (χ1) is 9.17. The molecule has 1 aliphatic rings. The molecule has 4 nitrogen and oxygen atoms in total. The lowest BCUT2D eigenvalue weighted by Gasteiger charge is -2.22. The molecule has 0 radical (unpaired) electrons. The molecule has 1 aromatic heterocycles. The molecule has 2 rings (SSSR count). The molecular formula is C15H26N4. The van der Waals surface area contributed by atoms with Gasteiger partial charge in [-0.05, 0) is 31.6 Å². The zero-order valence-corrected chi connectivity index (χ0v) is 12.6. The van der Waals surface area contributed by atoms with E-state index in [4.69, 9.17) is 0 Å². The maximum Gasteiger partial charge on any atom is 0.137 e. The summed E-state index contributed by atoms with van der Waals surface area (Å²) in [5, 5.41) is 3.36. The minimum atomic E-state index is 0.844. The van der Waals surface area contributed by atoms with Gasteiger partial charge in [0.15, 0.2) is 0 Å². The Labute approximate surface area is 116 Å². The molecule has 0 spiro atoms. The highest BCUT2D eigenvalue weighted by Crippen LogP contribution is 2.39. The summed E-state index contributed by atoms with van der Waals surface area (Å²) in [7, 11) is 2.16. The smallest absolute Gasteiger partial charge is 0.137 e. The van der Waals surface area contributed by atoms with Crippen LogP contribution in [0.4, 0.5) is 11.6 Å². The van der Waals surface area contributed by atoms with E-state index in [2.05, 4.69) is 48.0 Å². The quantitative estimate of drug-likeness (QED) is 0.820. The van der Waals surface area contributed by atoms with E-state index in [0.717, 1.165) is 49.4 Å². The van der Waals surface area contributed by atoms with Crippen LogP contribution >= 0.6 is 0 Å². The Kier molecular flexibility index (Phi) is 4.61. The molecule has 1 N–H and O–H groups in total. The molecule has 106 valence electrons. The first-order valence-electron chi connectivity index (χ1n) is 7.46. The maximum absolute atomic E-state index is 4.52. The minimum absolute atomic E-state index is 0.844. The summed E-state index contributed by atoms with van der Waals surface area (Å²) in [5.74, 6) is 3.83. The van der Waals surface area contributed by atoms with Crippen LogP contribution in [0.5, 0.6) is 0 Å². The molecule has 2 unspecified atom stereocenters. The number of hydrogen-bond acceptors (Lipinski definition) is 4. The van der Waals surface area contributed by atoms with E-state index in [-0.39, 0.29) is 0 Å². The SMILES string of the molecule is CCCc1c(NCC)ncnc1N(C)CC1CC1C. The van der Waals surface area contributed by atoms with Crippen molar-refractivity contribution < 1.29 is 0 Å². The molecule has 0 bridgehead atoms. The molecule has 1 aliphatic carbocycles. The van der Waals surface area contributed by atoms with E-state index in [1.807, 2.05) is 0 Å². The van der Waals surface area contributed by atoms with Gasteiger partial charge in [-0.3, -0.25) is 0 Å². The molecule has 0 aliphatic heterocycles. The topological polar surface area (TPSA) is 41.1 Å². The van der Waals surface area contributed by atoms with Gasteiger partial charge in [0.2, 0.25) is 0 Å². The lowest BCUT2D eigenvalue weighted by molar-refractivity contribution is 0.713. The van der Waals surface area contributed by atoms with E-state index in [0.29, 0.717) is 0 Å². The third-order valence-electron chi connectivity index (χ3n) is 3.91. The van der Waals surface area contributed by atoms with Crippen molar-refractivity contribution >= 4 is 11.6 Å². The van der Waals surface area contributed by atoms with Crippen LogP contribution in [-0.4, -0.2) is 30.1 Å². The fourth-order valence-electron chi connectivity index (χ4n) is 2.62. The molecule has 1 saturated carbocycles. The minimum Gasteiger partial charge on any atom is -0.370 e. The Bertz CT molecular complexity index is 419. The molecule has 19 heavy (non-hydrogen) atoms. The average molecular weight is 262 g/mol. The lowest BCUT2D eigenvalue weighted by atomic mass is 10.1. The van der Waals surface area contributed by atoms with Crippen LogP contribution in [0.15, 0.2) is 6.33 Å². The highest BCUT2D eigenvalue weighted by Gasteiger charge is 2.33. The summed E-state index contributed by atoms with van der Waals surface area (Å²) in [6, 6.07) is 0. The van der Waals surface area contributed by atoms with Gasteiger partial charge in [0.1, 0.15) is 18.0 Å². The second-order valence-electron chi connectivity index (χ2n) is 5.66. The zero-order chi connectivity index (χ0) is 13.8. The van der Waals surface area contributed by atoms with Crippen molar-refractivity contribution in [2.75, 3.05) is 30.4 Å². The fourth-order valence-corrected chi connectivity index (χ4v) is 2.62. The normalized spacial score (nSPS) is 21.3. The molecule has 0 aromatic carbocycles. The van der Waals surface area contributed by atoms with Gasteiger partial charge >= 0.3 is 0 Å². The summed E-state index contributed by atoms with van der Waals surface area (Å²) in [4.78, 5) is 11.2. The predicted octanol–water partition coefficient (Wildman–Crippen LogP) is 2.95. The highest BCUT2D eigenvalue weighted by molar-refractivity contribution is 5.58. The number of hydrogen-bond donors (Lipinski definition) is 1. The van der Waals surface area contributed by atoms with Gasteiger partial charge in [0.25, 0.3) is 0 Å². The van der Waals surface area contributed by atoms with E-state index in [9.17, 15) is 0 Å². The molecule has 1 fully saturated rings. The second kappa shape index (κ2) is 6.22. The van der Waals surface area contributed by atoms with Gasteiger partial charge in [0, 0.05) is 25.7 Å². The standard InChI is InChI=1S/C15H26N4/c1-5-7-13-14(16-6-2)17-10-18-15(13)19(4)9-12-8-11(12)3/h10-12H,5-9H2,1-4H3,(H,16,17,18). The monoisotopic (exact) mass is 262 g/mol. The number of aromatic nitrogens is 2. The molecule has 0 amide bonds. The number of nitrogens with zero attached hydrogens (tertiary/aromatic N) is 3. The van der Waals surface area contributed by atoms with Gasteiger partial charge in [-0.25, -0.2) is 9.97 Å². The lowest BCUT2D eigenvalue weighted by Crippen LogP contribution is -2.24. The van der Waals surface area contributed by atoms with Crippen molar-refractivity contribution in [1.82, 2.24) is 9.97 Å². The predicted molar refractivity (Wildman–Crippen MR) is 80.7 cm³/mol. The van der Waals surface area contributed by atoms with E-state index in [1.54, 1.807) is 6.33 Å². The van der Waals surface area contributed by atoms with Crippen molar-refractivity contribution in [3.05, 3.63) is 11.9 Å². The van der Waals surface area contributed by atoms with Gasteiger partial charge in [-0.1, -0.05) is 20.3 Å². The molecule has 4 heteroatoms. The van der Waals surface area contributed by atoms with Gasteiger partial charge in [-0.15, -0.1) is 0 Å². The summed E-state index contributed by atoms with van der Waals surface area (Å²) in [5.41, 5.74) is 1.27. The van der Waals surface area contributed by atoms with Crippen LogP contribution in [0.2, 0.25) is 0 Å². The average Bonchev–Trinajstić information content (AvgIpc) is 3.07. The largest absolute Gasteiger partial charge is 0.370 e. The molecule has 0 saturated heterocycles. The van der Waals surface area contributed by atoms with E-state index >= 15 is 0 Å². The summed E-state index contributed by atoms with van der Waals surface area (Å²) in [6.07, 6.45) is 5.19. The molecule has 1 heterocycles. The fraction of sp³-hybridized carbons (Fsp3) is 0.733. The summed E-state index contributed by atoms with van der Waals surface area (Å²) >= 11 is 0. The third kappa shape index (κ3) is 3.37. The third-order valence-corrected chi connectivity index (χ3v) is 3.91. The zero-order valence-electron chi connectivity index (χ0n) is 12.6. The Morgan fingerprint density at radius 2 is 2.11 bits per heavy atom. The van der Waals surface area contributed by atoms with Crippen molar-refractivity contribution in [3.63, 3.8) is 0 Å². The van der Waals surface area contributed by atoms with Crippen LogP contribution in [-0.2, 0) is 6.42 Å². The molecule has 2 atom stereocenters. The van der Waals surface area contributed by atoms with Crippen LogP contribution in [0, 0.1) is 11.8 Å². The number of anilines is 2. The molecular weight excluding hydrogens is 236 g/mol. The van der Waals surface area contributed by atoms with Gasteiger partial charge in [-0.2, -0.15) is 0 Å².